The summed E-state index contributed by atoms with van der Waals surface area (Å²) in [4.78, 5) is 15.6. The van der Waals surface area contributed by atoms with Crippen LogP contribution in [0.1, 0.15) is 12.8 Å². The summed E-state index contributed by atoms with van der Waals surface area (Å²) in [5, 5.41) is 16.9. The lowest BCUT2D eigenvalue weighted by molar-refractivity contribution is 0.117. The summed E-state index contributed by atoms with van der Waals surface area (Å²) in [5.41, 5.74) is 0. The third kappa shape index (κ3) is 5.02. The van der Waals surface area contributed by atoms with Crippen LogP contribution >= 0.6 is 0 Å². The molecule has 2 N–H and O–H groups in total. The SMILES string of the molecule is CN(C)CCn1ccc(NC(=O)N(C)CC(O)C2CC2)n1. The van der Waals surface area contributed by atoms with Gasteiger partial charge in [-0.2, -0.15) is 5.10 Å². The largest absolute Gasteiger partial charge is 0.391 e. The second kappa shape index (κ2) is 6.91. The molecular formula is C14H25N5O2. The lowest BCUT2D eigenvalue weighted by atomic mass is 10.2. The predicted octanol–water partition coefficient (Wildman–Crippen LogP) is 0.679. The zero-order valence-corrected chi connectivity index (χ0v) is 13.0. The number of nitrogens with zero attached hydrogens (tertiary/aromatic N) is 4. The second-order valence-electron chi connectivity index (χ2n) is 5.98. The van der Waals surface area contributed by atoms with Crippen LogP contribution in [-0.2, 0) is 6.54 Å². The molecule has 0 aliphatic heterocycles. The van der Waals surface area contributed by atoms with Gasteiger partial charge in [-0.3, -0.25) is 10.00 Å². The van der Waals surface area contributed by atoms with E-state index in [2.05, 4.69) is 15.3 Å². The molecule has 0 spiro atoms. The number of rotatable bonds is 7. The van der Waals surface area contributed by atoms with Gasteiger partial charge in [-0.25, -0.2) is 4.79 Å². The minimum Gasteiger partial charge on any atom is -0.391 e. The number of aliphatic hydroxyl groups is 1. The van der Waals surface area contributed by atoms with E-state index in [1.165, 1.54) is 4.90 Å². The highest BCUT2D eigenvalue weighted by atomic mass is 16.3. The molecule has 0 bridgehead atoms. The first-order valence-electron chi connectivity index (χ1n) is 7.34. The number of hydrogen-bond acceptors (Lipinski definition) is 4. The van der Waals surface area contributed by atoms with Crippen molar-refractivity contribution in [3.8, 4) is 0 Å². The van der Waals surface area contributed by atoms with Crippen molar-refractivity contribution >= 4 is 11.8 Å². The summed E-state index contributed by atoms with van der Waals surface area (Å²) >= 11 is 0. The van der Waals surface area contributed by atoms with Crippen LogP contribution in [0, 0.1) is 5.92 Å². The van der Waals surface area contributed by atoms with E-state index >= 15 is 0 Å². The predicted molar refractivity (Wildman–Crippen MR) is 81.2 cm³/mol. The van der Waals surface area contributed by atoms with Gasteiger partial charge in [0.25, 0.3) is 0 Å². The average Bonchev–Trinajstić information content (AvgIpc) is 3.18. The molecule has 1 saturated carbocycles. The zero-order valence-electron chi connectivity index (χ0n) is 13.0. The fourth-order valence-corrected chi connectivity index (χ4v) is 2.05. The van der Waals surface area contributed by atoms with Gasteiger partial charge in [0.2, 0.25) is 0 Å². The van der Waals surface area contributed by atoms with E-state index in [0.717, 1.165) is 25.9 Å². The molecule has 1 fully saturated rings. The molecule has 7 heteroatoms. The van der Waals surface area contributed by atoms with Gasteiger partial charge in [-0.1, -0.05) is 0 Å². The van der Waals surface area contributed by atoms with Gasteiger partial charge >= 0.3 is 6.03 Å². The van der Waals surface area contributed by atoms with Crippen LogP contribution in [0.4, 0.5) is 10.6 Å². The molecule has 2 rings (SSSR count). The van der Waals surface area contributed by atoms with Gasteiger partial charge in [-0.05, 0) is 32.9 Å². The van der Waals surface area contributed by atoms with Gasteiger partial charge in [0.15, 0.2) is 5.82 Å². The zero-order chi connectivity index (χ0) is 15.4. The van der Waals surface area contributed by atoms with Crippen LogP contribution in [0.5, 0.6) is 0 Å². The first kappa shape index (κ1) is 15.8. The smallest absolute Gasteiger partial charge is 0.322 e. The summed E-state index contributed by atoms with van der Waals surface area (Å²) < 4.78 is 1.80. The highest BCUT2D eigenvalue weighted by Gasteiger charge is 2.31. The number of likely N-dealkylation sites (N-methyl/N-ethyl adjacent to an activating group) is 2. The number of aliphatic hydroxyl groups excluding tert-OH is 1. The van der Waals surface area contributed by atoms with Crippen molar-refractivity contribution in [3.05, 3.63) is 12.3 Å². The number of urea groups is 1. The van der Waals surface area contributed by atoms with Gasteiger partial charge in [-0.15, -0.1) is 0 Å². The van der Waals surface area contributed by atoms with Crippen molar-refractivity contribution < 1.29 is 9.90 Å². The number of hydrogen-bond donors (Lipinski definition) is 2. The van der Waals surface area contributed by atoms with Crippen LogP contribution < -0.4 is 5.32 Å². The van der Waals surface area contributed by atoms with E-state index in [1.54, 1.807) is 17.8 Å². The van der Waals surface area contributed by atoms with Crippen LogP contribution in [0.15, 0.2) is 12.3 Å². The molecule has 1 heterocycles. The Morgan fingerprint density at radius 1 is 1.52 bits per heavy atom. The Kier molecular flexibility index (Phi) is 5.19. The minimum atomic E-state index is -0.418. The fraction of sp³-hybridized carbons (Fsp3) is 0.714. The van der Waals surface area contributed by atoms with E-state index in [9.17, 15) is 9.90 Å². The van der Waals surface area contributed by atoms with Crippen LogP contribution in [-0.4, -0.2) is 71.1 Å². The van der Waals surface area contributed by atoms with Crippen LogP contribution in [0.25, 0.3) is 0 Å². The number of carbonyl (C=O) groups is 1. The molecule has 2 amide bonds. The standard InChI is InChI=1S/C14H25N5O2/c1-17(2)8-9-19-7-6-13(16-19)15-14(21)18(3)10-12(20)11-4-5-11/h6-7,11-12,20H,4-5,8-10H2,1-3H3,(H,15,16,21). The van der Waals surface area contributed by atoms with E-state index < -0.39 is 6.10 Å². The molecule has 7 nitrogen and oxygen atoms in total. The van der Waals surface area contributed by atoms with Crippen molar-refractivity contribution in [1.29, 1.82) is 0 Å². The summed E-state index contributed by atoms with van der Waals surface area (Å²) in [6.07, 6.45) is 3.55. The molecule has 1 aliphatic rings. The first-order valence-corrected chi connectivity index (χ1v) is 7.34. The minimum absolute atomic E-state index is 0.243. The Morgan fingerprint density at radius 3 is 2.86 bits per heavy atom. The van der Waals surface area contributed by atoms with Gasteiger partial charge in [0, 0.05) is 32.4 Å². The third-order valence-electron chi connectivity index (χ3n) is 3.63. The molecule has 118 valence electrons. The number of amides is 2. The summed E-state index contributed by atoms with van der Waals surface area (Å²) in [5.74, 6) is 0.900. The average molecular weight is 295 g/mol. The highest BCUT2D eigenvalue weighted by Crippen LogP contribution is 2.32. The van der Waals surface area contributed by atoms with Crippen molar-refractivity contribution in [3.63, 3.8) is 0 Å². The number of carbonyl (C=O) groups excluding carboxylic acids is 1. The van der Waals surface area contributed by atoms with E-state index in [1.807, 2.05) is 20.3 Å². The maximum atomic E-state index is 12.0. The molecule has 0 aromatic carbocycles. The Labute approximate surface area is 125 Å². The number of nitrogens with one attached hydrogen (secondary N) is 1. The molecular weight excluding hydrogens is 270 g/mol. The first-order chi connectivity index (χ1) is 9.95. The summed E-state index contributed by atoms with van der Waals surface area (Å²) in [6, 6.07) is 1.53. The van der Waals surface area contributed by atoms with Gasteiger partial charge in [0.05, 0.1) is 12.6 Å². The van der Waals surface area contributed by atoms with Gasteiger partial charge < -0.3 is 14.9 Å². The molecule has 1 aromatic heterocycles. The summed E-state index contributed by atoms with van der Waals surface area (Å²) in [7, 11) is 5.70. The molecule has 0 saturated heterocycles. The summed E-state index contributed by atoms with van der Waals surface area (Å²) in [6.45, 7) is 2.03. The third-order valence-corrected chi connectivity index (χ3v) is 3.63. The van der Waals surface area contributed by atoms with E-state index in [4.69, 9.17) is 0 Å². The van der Waals surface area contributed by atoms with Crippen LogP contribution in [0.2, 0.25) is 0 Å². The molecule has 1 aromatic rings. The van der Waals surface area contributed by atoms with Crippen molar-refractivity contribution in [2.24, 2.45) is 5.92 Å². The normalized spacial score (nSPS) is 16.0. The fourth-order valence-electron chi connectivity index (χ4n) is 2.05. The van der Waals surface area contributed by atoms with Gasteiger partial charge in [0.1, 0.15) is 0 Å². The van der Waals surface area contributed by atoms with Crippen molar-refractivity contribution in [2.75, 3.05) is 39.5 Å². The lowest BCUT2D eigenvalue weighted by Crippen LogP contribution is -2.38. The maximum absolute atomic E-state index is 12.0. The number of aromatic nitrogens is 2. The number of anilines is 1. The second-order valence-corrected chi connectivity index (χ2v) is 5.98. The molecule has 1 unspecified atom stereocenters. The van der Waals surface area contributed by atoms with E-state index in [-0.39, 0.29) is 6.03 Å². The Balaban J connectivity index is 1.78. The molecule has 1 aliphatic carbocycles. The Morgan fingerprint density at radius 2 is 2.24 bits per heavy atom. The van der Waals surface area contributed by atoms with Crippen LogP contribution in [0.3, 0.4) is 0 Å². The molecule has 21 heavy (non-hydrogen) atoms. The monoisotopic (exact) mass is 295 g/mol. The quantitative estimate of drug-likeness (QED) is 0.776. The highest BCUT2D eigenvalue weighted by molar-refractivity contribution is 5.88. The lowest BCUT2D eigenvalue weighted by Gasteiger charge is -2.20. The molecule has 1 atom stereocenters. The van der Waals surface area contributed by atoms with E-state index in [0.29, 0.717) is 18.3 Å². The molecule has 0 radical (unpaired) electrons. The maximum Gasteiger partial charge on any atom is 0.322 e. The van der Waals surface area contributed by atoms with Crippen molar-refractivity contribution in [2.45, 2.75) is 25.5 Å². The topological polar surface area (TPSA) is 73.6 Å². The Bertz CT molecular complexity index is 470. The Hall–Kier alpha value is -1.60. The van der Waals surface area contributed by atoms with Crippen molar-refractivity contribution in [1.82, 2.24) is 19.6 Å².